The molecule has 0 heterocycles. The SMILES string of the molecule is CCOc1ccccc1C(C)NC(C)C. The Morgan fingerprint density at radius 2 is 1.87 bits per heavy atom. The van der Waals surface area contributed by atoms with Crippen LogP contribution >= 0.6 is 0 Å². The Kier molecular flexibility index (Phi) is 4.63. The molecule has 1 N–H and O–H groups in total. The predicted octanol–water partition coefficient (Wildman–Crippen LogP) is 3.14. The molecule has 0 bridgehead atoms. The molecule has 0 amide bonds. The molecule has 0 spiro atoms. The molecular formula is C13H21NO. The van der Waals surface area contributed by atoms with E-state index in [1.54, 1.807) is 0 Å². The van der Waals surface area contributed by atoms with Gasteiger partial charge >= 0.3 is 0 Å². The van der Waals surface area contributed by atoms with Crippen LogP contribution in [0.3, 0.4) is 0 Å². The molecule has 0 aromatic heterocycles. The first kappa shape index (κ1) is 12.1. The minimum absolute atomic E-state index is 0.327. The van der Waals surface area contributed by atoms with Gasteiger partial charge in [-0.3, -0.25) is 0 Å². The van der Waals surface area contributed by atoms with E-state index in [0.29, 0.717) is 18.7 Å². The molecule has 1 aromatic carbocycles. The Bertz CT molecular complexity index is 296. The van der Waals surface area contributed by atoms with Gasteiger partial charge in [0.05, 0.1) is 6.61 Å². The first-order valence-electron chi connectivity index (χ1n) is 5.63. The summed E-state index contributed by atoms with van der Waals surface area (Å²) in [6, 6.07) is 9.01. The zero-order chi connectivity index (χ0) is 11.3. The van der Waals surface area contributed by atoms with Gasteiger partial charge in [-0.05, 0) is 19.9 Å². The summed E-state index contributed by atoms with van der Waals surface area (Å²) < 4.78 is 5.60. The van der Waals surface area contributed by atoms with Crippen molar-refractivity contribution in [2.45, 2.75) is 39.8 Å². The van der Waals surface area contributed by atoms with Gasteiger partial charge in [-0.15, -0.1) is 0 Å². The molecule has 0 aliphatic rings. The van der Waals surface area contributed by atoms with Crippen molar-refractivity contribution in [3.63, 3.8) is 0 Å². The van der Waals surface area contributed by atoms with E-state index in [-0.39, 0.29) is 0 Å². The summed E-state index contributed by atoms with van der Waals surface area (Å²) in [4.78, 5) is 0. The van der Waals surface area contributed by atoms with Crippen LogP contribution in [0.2, 0.25) is 0 Å². The molecule has 84 valence electrons. The monoisotopic (exact) mass is 207 g/mol. The Morgan fingerprint density at radius 1 is 1.20 bits per heavy atom. The van der Waals surface area contributed by atoms with E-state index in [1.165, 1.54) is 5.56 Å². The maximum atomic E-state index is 5.60. The summed E-state index contributed by atoms with van der Waals surface area (Å²) >= 11 is 0. The second kappa shape index (κ2) is 5.76. The van der Waals surface area contributed by atoms with E-state index in [0.717, 1.165) is 5.75 Å². The molecule has 1 aromatic rings. The number of benzene rings is 1. The first-order valence-corrected chi connectivity index (χ1v) is 5.63. The van der Waals surface area contributed by atoms with Crippen molar-refractivity contribution in [1.82, 2.24) is 5.32 Å². The zero-order valence-electron chi connectivity index (χ0n) is 10.1. The Hall–Kier alpha value is -1.02. The topological polar surface area (TPSA) is 21.3 Å². The van der Waals surface area contributed by atoms with Gasteiger partial charge in [-0.2, -0.15) is 0 Å². The molecule has 1 rings (SSSR count). The fraction of sp³-hybridized carbons (Fsp3) is 0.538. The first-order chi connectivity index (χ1) is 7.15. The molecule has 1 unspecified atom stereocenters. The highest BCUT2D eigenvalue weighted by Crippen LogP contribution is 2.24. The summed E-state index contributed by atoms with van der Waals surface area (Å²) in [5.74, 6) is 0.987. The lowest BCUT2D eigenvalue weighted by atomic mass is 10.1. The molecule has 2 nitrogen and oxygen atoms in total. The van der Waals surface area contributed by atoms with Gasteiger partial charge in [0.25, 0.3) is 0 Å². The largest absolute Gasteiger partial charge is 0.494 e. The predicted molar refractivity (Wildman–Crippen MR) is 64.3 cm³/mol. The van der Waals surface area contributed by atoms with Crippen molar-refractivity contribution >= 4 is 0 Å². The molecular weight excluding hydrogens is 186 g/mol. The van der Waals surface area contributed by atoms with E-state index < -0.39 is 0 Å². The number of para-hydroxylation sites is 1. The Labute approximate surface area is 92.6 Å². The van der Waals surface area contributed by atoms with E-state index in [4.69, 9.17) is 4.74 Å². The molecule has 0 saturated heterocycles. The van der Waals surface area contributed by atoms with Gasteiger partial charge in [0, 0.05) is 17.6 Å². The number of hydrogen-bond donors (Lipinski definition) is 1. The molecule has 2 heteroatoms. The number of rotatable bonds is 5. The van der Waals surface area contributed by atoms with Crippen molar-refractivity contribution in [3.05, 3.63) is 29.8 Å². The van der Waals surface area contributed by atoms with Gasteiger partial charge in [0.1, 0.15) is 5.75 Å². The van der Waals surface area contributed by atoms with Gasteiger partial charge in [-0.25, -0.2) is 0 Å². The van der Waals surface area contributed by atoms with Crippen molar-refractivity contribution < 1.29 is 4.74 Å². The summed E-state index contributed by atoms with van der Waals surface area (Å²) in [5.41, 5.74) is 1.23. The van der Waals surface area contributed by atoms with Crippen LogP contribution in [0.5, 0.6) is 5.75 Å². The number of ether oxygens (including phenoxy) is 1. The van der Waals surface area contributed by atoms with E-state index >= 15 is 0 Å². The molecule has 0 aliphatic carbocycles. The third-order valence-corrected chi connectivity index (χ3v) is 2.27. The third kappa shape index (κ3) is 3.56. The normalized spacial score (nSPS) is 12.9. The van der Waals surface area contributed by atoms with Crippen molar-refractivity contribution in [3.8, 4) is 5.75 Å². The maximum absolute atomic E-state index is 5.60. The van der Waals surface area contributed by atoms with Crippen LogP contribution in [-0.4, -0.2) is 12.6 Å². The van der Waals surface area contributed by atoms with E-state index in [1.807, 2.05) is 19.1 Å². The van der Waals surface area contributed by atoms with Crippen molar-refractivity contribution in [2.75, 3.05) is 6.61 Å². The van der Waals surface area contributed by atoms with Crippen LogP contribution in [0, 0.1) is 0 Å². The van der Waals surface area contributed by atoms with Crippen LogP contribution in [0.1, 0.15) is 39.3 Å². The van der Waals surface area contributed by atoms with Gasteiger partial charge in [0.15, 0.2) is 0 Å². The molecule has 1 atom stereocenters. The quantitative estimate of drug-likeness (QED) is 0.801. The van der Waals surface area contributed by atoms with Crippen LogP contribution in [0.15, 0.2) is 24.3 Å². The van der Waals surface area contributed by atoms with Crippen molar-refractivity contribution in [1.29, 1.82) is 0 Å². The lowest BCUT2D eigenvalue weighted by Crippen LogP contribution is -2.26. The van der Waals surface area contributed by atoms with Crippen LogP contribution in [0.4, 0.5) is 0 Å². The minimum Gasteiger partial charge on any atom is -0.494 e. The maximum Gasteiger partial charge on any atom is 0.124 e. The van der Waals surface area contributed by atoms with E-state index in [9.17, 15) is 0 Å². The molecule has 15 heavy (non-hydrogen) atoms. The molecule has 0 radical (unpaired) electrons. The summed E-state index contributed by atoms with van der Waals surface area (Å²) in [6.07, 6.45) is 0. The van der Waals surface area contributed by atoms with Crippen LogP contribution < -0.4 is 10.1 Å². The van der Waals surface area contributed by atoms with Gasteiger partial charge in [-0.1, -0.05) is 32.0 Å². The lowest BCUT2D eigenvalue weighted by Gasteiger charge is -2.20. The zero-order valence-corrected chi connectivity index (χ0v) is 10.1. The highest BCUT2D eigenvalue weighted by Gasteiger charge is 2.11. The van der Waals surface area contributed by atoms with E-state index in [2.05, 4.69) is 38.2 Å². The highest BCUT2D eigenvalue weighted by molar-refractivity contribution is 5.35. The van der Waals surface area contributed by atoms with Gasteiger partial charge < -0.3 is 10.1 Å². The highest BCUT2D eigenvalue weighted by atomic mass is 16.5. The second-order valence-electron chi connectivity index (χ2n) is 4.01. The van der Waals surface area contributed by atoms with Crippen molar-refractivity contribution in [2.24, 2.45) is 0 Å². The molecule has 0 aliphatic heterocycles. The Balaban J connectivity index is 2.81. The number of nitrogens with one attached hydrogen (secondary N) is 1. The average Bonchev–Trinajstić information content (AvgIpc) is 2.18. The third-order valence-electron chi connectivity index (χ3n) is 2.27. The molecule has 0 fully saturated rings. The lowest BCUT2D eigenvalue weighted by molar-refractivity contribution is 0.331. The standard InChI is InChI=1S/C13H21NO/c1-5-15-13-9-7-6-8-12(13)11(4)14-10(2)3/h6-11,14H,5H2,1-4H3. The second-order valence-corrected chi connectivity index (χ2v) is 4.01. The van der Waals surface area contributed by atoms with Gasteiger partial charge in [0.2, 0.25) is 0 Å². The fourth-order valence-electron chi connectivity index (χ4n) is 1.71. The average molecular weight is 207 g/mol. The summed E-state index contributed by atoms with van der Waals surface area (Å²) in [5, 5.41) is 3.48. The summed E-state index contributed by atoms with van der Waals surface area (Å²) in [7, 11) is 0. The summed E-state index contributed by atoms with van der Waals surface area (Å²) in [6.45, 7) is 9.19. The Morgan fingerprint density at radius 3 is 2.47 bits per heavy atom. The minimum atomic E-state index is 0.327. The fourth-order valence-corrected chi connectivity index (χ4v) is 1.71. The van der Waals surface area contributed by atoms with Crippen LogP contribution in [-0.2, 0) is 0 Å². The van der Waals surface area contributed by atoms with Crippen LogP contribution in [0.25, 0.3) is 0 Å². The number of hydrogen-bond acceptors (Lipinski definition) is 2. The molecule has 0 saturated carbocycles. The smallest absolute Gasteiger partial charge is 0.124 e.